The first-order valence-electron chi connectivity index (χ1n) is 6.42. The molecule has 1 aliphatic heterocycles. The van der Waals surface area contributed by atoms with E-state index in [1.807, 2.05) is 12.1 Å². The van der Waals surface area contributed by atoms with Crippen LogP contribution in [0.4, 0.5) is 5.69 Å². The van der Waals surface area contributed by atoms with Crippen molar-refractivity contribution in [2.24, 2.45) is 0 Å². The molecule has 0 aliphatic carbocycles. The number of carbonyl (C=O) groups is 1. The van der Waals surface area contributed by atoms with E-state index in [4.69, 9.17) is 0 Å². The second kappa shape index (κ2) is 5.98. The standard InChI is InChI=1S/C14H21N3O/c1-11(18)16-13-5-3-12(4-6-13)9-15-14-7-8-17(2)10-14/h3-6,14-15H,7-10H2,1-2H3,(H,16,18). The highest BCUT2D eigenvalue weighted by molar-refractivity contribution is 5.88. The lowest BCUT2D eigenvalue weighted by molar-refractivity contribution is -0.114. The van der Waals surface area contributed by atoms with E-state index in [9.17, 15) is 4.79 Å². The molecule has 1 heterocycles. The Kier molecular flexibility index (Phi) is 4.33. The molecule has 0 saturated carbocycles. The summed E-state index contributed by atoms with van der Waals surface area (Å²) in [6, 6.07) is 8.59. The van der Waals surface area contributed by atoms with Crippen LogP contribution in [-0.4, -0.2) is 37.0 Å². The third-order valence-corrected chi connectivity index (χ3v) is 3.26. The normalized spacial score (nSPS) is 20.0. The minimum atomic E-state index is -0.0325. The van der Waals surface area contributed by atoms with Crippen molar-refractivity contribution in [1.82, 2.24) is 10.2 Å². The number of carbonyl (C=O) groups excluding carboxylic acids is 1. The zero-order valence-corrected chi connectivity index (χ0v) is 11.1. The Morgan fingerprint density at radius 1 is 1.39 bits per heavy atom. The van der Waals surface area contributed by atoms with E-state index in [2.05, 4.69) is 34.7 Å². The van der Waals surface area contributed by atoms with Gasteiger partial charge in [-0.3, -0.25) is 4.79 Å². The molecule has 98 valence electrons. The number of hydrogen-bond acceptors (Lipinski definition) is 3. The van der Waals surface area contributed by atoms with E-state index >= 15 is 0 Å². The van der Waals surface area contributed by atoms with Gasteiger partial charge in [0.25, 0.3) is 0 Å². The molecule has 1 aromatic rings. The third kappa shape index (κ3) is 3.82. The topological polar surface area (TPSA) is 44.4 Å². The molecule has 0 aromatic heterocycles. The Morgan fingerprint density at radius 2 is 2.11 bits per heavy atom. The van der Waals surface area contributed by atoms with E-state index in [0.29, 0.717) is 6.04 Å². The van der Waals surface area contributed by atoms with Gasteiger partial charge in [0.05, 0.1) is 0 Å². The van der Waals surface area contributed by atoms with Gasteiger partial charge in [-0.05, 0) is 37.7 Å². The summed E-state index contributed by atoms with van der Waals surface area (Å²) in [4.78, 5) is 13.2. The van der Waals surface area contributed by atoms with Crippen molar-refractivity contribution in [3.05, 3.63) is 29.8 Å². The average Bonchev–Trinajstić information content (AvgIpc) is 2.74. The quantitative estimate of drug-likeness (QED) is 0.846. The lowest BCUT2D eigenvalue weighted by Crippen LogP contribution is -2.30. The van der Waals surface area contributed by atoms with Crippen LogP contribution in [0.1, 0.15) is 18.9 Å². The van der Waals surface area contributed by atoms with Gasteiger partial charge in [0, 0.05) is 31.7 Å². The predicted octanol–water partition coefficient (Wildman–Crippen LogP) is 1.44. The first kappa shape index (κ1) is 13.1. The van der Waals surface area contributed by atoms with Crippen LogP contribution >= 0.6 is 0 Å². The molecule has 0 spiro atoms. The van der Waals surface area contributed by atoms with Gasteiger partial charge in [0.2, 0.25) is 5.91 Å². The number of likely N-dealkylation sites (tertiary alicyclic amines) is 1. The van der Waals surface area contributed by atoms with Gasteiger partial charge < -0.3 is 15.5 Å². The first-order chi connectivity index (χ1) is 8.63. The van der Waals surface area contributed by atoms with E-state index in [0.717, 1.165) is 18.8 Å². The highest BCUT2D eigenvalue weighted by atomic mass is 16.1. The summed E-state index contributed by atoms with van der Waals surface area (Å²) in [5.74, 6) is -0.0325. The molecule has 4 nitrogen and oxygen atoms in total. The fraction of sp³-hybridized carbons (Fsp3) is 0.500. The number of anilines is 1. The van der Waals surface area contributed by atoms with Gasteiger partial charge in [-0.2, -0.15) is 0 Å². The molecule has 1 amide bonds. The summed E-state index contributed by atoms with van der Waals surface area (Å²) in [6.45, 7) is 4.72. The summed E-state index contributed by atoms with van der Waals surface area (Å²) >= 11 is 0. The maximum atomic E-state index is 10.9. The van der Waals surface area contributed by atoms with Gasteiger partial charge in [-0.1, -0.05) is 12.1 Å². The Balaban J connectivity index is 1.81. The number of nitrogens with one attached hydrogen (secondary N) is 2. The molecule has 0 radical (unpaired) electrons. The van der Waals surface area contributed by atoms with Gasteiger partial charge in [0.1, 0.15) is 0 Å². The molecule has 1 saturated heterocycles. The molecule has 1 unspecified atom stereocenters. The largest absolute Gasteiger partial charge is 0.326 e. The molecule has 2 N–H and O–H groups in total. The fourth-order valence-electron chi connectivity index (χ4n) is 2.27. The molecule has 1 atom stereocenters. The maximum absolute atomic E-state index is 10.9. The van der Waals surface area contributed by atoms with Crippen molar-refractivity contribution in [3.8, 4) is 0 Å². The van der Waals surface area contributed by atoms with Gasteiger partial charge in [-0.25, -0.2) is 0 Å². The highest BCUT2D eigenvalue weighted by Gasteiger charge is 2.18. The Morgan fingerprint density at radius 3 is 2.67 bits per heavy atom. The molecule has 0 bridgehead atoms. The van der Waals surface area contributed by atoms with Gasteiger partial charge in [0.15, 0.2) is 0 Å². The molecular formula is C14H21N3O. The summed E-state index contributed by atoms with van der Waals surface area (Å²) in [6.07, 6.45) is 1.22. The van der Waals surface area contributed by atoms with E-state index in [-0.39, 0.29) is 5.91 Å². The number of amides is 1. The van der Waals surface area contributed by atoms with E-state index < -0.39 is 0 Å². The number of benzene rings is 1. The number of nitrogens with zero attached hydrogens (tertiary/aromatic N) is 1. The predicted molar refractivity (Wildman–Crippen MR) is 73.5 cm³/mol. The fourth-order valence-corrected chi connectivity index (χ4v) is 2.27. The number of rotatable bonds is 4. The van der Waals surface area contributed by atoms with Crippen molar-refractivity contribution < 1.29 is 4.79 Å². The van der Waals surface area contributed by atoms with Crippen molar-refractivity contribution >= 4 is 11.6 Å². The van der Waals surface area contributed by atoms with E-state index in [1.165, 1.54) is 25.5 Å². The molecular weight excluding hydrogens is 226 g/mol. The summed E-state index contributed by atoms with van der Waals surface area (Å²) < 4.78 is 0. The zero-order chi connectivity index (χ0) is 13.0. The summed E-state index contributed by atoms with van der Waals surface area (Å²) in [7, 11) is 2.16. The average molecular weight is 247 g/mol. The summed E-state index contributed by atoms with van der Waals surface area (Å²) in [5, 5.41) is 6.33. The second-order valence-electron chi connectivity index (χ2n) is 5.01. The smallest absolute Gasteiger partial charge is 0.221 e. The zero-order valence-electron chi connectivity index (χ0n) is 11.1. The number of hydrogen-bond donors (Lipinski definition) is 2. The van der Waals surface area contributed by atoms with Gasteiger partial charge in [-0.15, -0.1) is 0 Å². The van der Waals surface area contributed by atoms with Crippen molar-refractivity contribution in [3.63, 3.8) is 0 Å². The minimum absolute atomic E-state index is 0.0325. The van der Waals surface area contributed by atoms with Crippen molar-refractivity contribution in [2.45, 2.75) is 25.9 Å². The number of likely N-dealkylation sites (N-methyl/N-ethyl adjacent to an activating group) is 1. The summed E-state index contributed by atoms with van der Waals surface area (Å²) in [5.41, 5.74) is 2.10. The van der Waals surface area contributed by atoms with Crippen LogP contribution in [0.2, 0.25) is 0 Å². The van der Waals surface area contributed by atoms with Crippen LogP contribution in [0.25, 0.3) is 0 Å². The van der Waals surface area contributed by atoms with Crippen LogP contribution in [0.5, 0.6) is 0 Å². The van der Waals surface area contributed by atoms with Crippen molar-refractivity contribution in [1.29, 1.82) is 0 Å². The lowest BCUT2D eigenvalue weighted by atomic mass is 10.2. The Hall–Kier alpha value is -1.39. The Labute approximate surface area is 108 Å². The van der Waals surface area contributed by atoms with Crippen LogP contribution in [0.15, 0.2) is 24.3 Å². The molecule has 4 heteroatoms. The lowest BCUT2D eigenvalue weighted by Gasteiger charge is -2.13. The third-order valence-electron chi connectivity index (χ3n) is 3.26. The molecule has 1 aromatic carbocycles. The monoisotopic (exact) mass is 247 g/mol. The molecule has 1 fully saturated rings. The SMILES string of the molecule is CC(=O)Nc1ccc(CNC2CCN(C)C2)cc1. The molecule has 2 rings (SSSR count). The molecule has 1 aliphatic rings. The molecule has 18 heavy (non-hydrogen) atoms. The minimum Gasteiger partial charge on any atom is -0.326 e. The van der Waals surface area contributed by atoms with Crippen LogP contribution < -0.4 is 10.6 Å². The van der Waals surface area contributed by atoms with Crippen LogP contribution in [-0.2, 0) is 11.3 Å². The second-order valence-corrected chi connectivity index (χ2v) is 5.01. The highest BCUT2D eigenvalue weighted by Crippen LogP contribution is 2.11. The van der Waals surface area contributed by atoms with Crippen molar-refractivity contribution in [2.75, 3.05) is 25.5 Å². The Bertz CT molecular complexity index is 402. The van der Waals surface area contributed by atoms with Gasteiger partial charge >= 0.3 is 0 Å². The maximum Gasteiger partial charge on any atom is 0.221 e. The first-order valence-corrected chi connectivity index (χ1v) is 6.42. The van der Waals surface area contributed by atoms with E-state index in [1.54, 1.807) is 0 Å². The van der Waals surface area contributed by atoms with Crippen LogP contribution in [0, 0.1) is 0 Å². The van der Waals surface area contributed by atoms with Crippen LogP contribution in [0.3, 0.4) is 0 Å².